The van der Waals surface area contributed by atoms with Gasteiger partial charge >= 0.3 is 6.18 Å². The number of nitriles is 1. The first-order chi connectivity index (χ1) is 15.7. The van der Waals surface area contributed by atoms with Crippen LogP contribution >= 0.6 is 11.3 Å². The molecule has 33 heavy (non-hydrogen) atoms. The number of rotatable bonds is 5. The van der Waals surface area contributed by atoms with Crippen LogP contribution < -0.4 is 9.04 Å². The molecule has 4 rings (SSSR count). The summed E-state index contributed by atoms with van der Waals surface area (Å²) in [6.45, 7) is 0. The lowest BCUT2D eigenvalue weighted by molar-refractivity contribution is -0.137. The highest BCUT2D eigenvalue weighted by atomic mass is 32.2. The van der Waals surface area contributed by atoms with Crippen LogP contribution in [0.5, 0.6) is 5.75 Å². The van der Waals surface area contributed by atoms with E-state index in [9.17, 15) is 26.9 Å². The summed E-state index contributed by atoms with van der Waals surface area (Å²) in [5.74, 6) is -0.300. The summed E-state index contributed by atoms with van der Waals surface area (Å²) in [7, 11) is -3.24. The van der Waals surface area contributed by atoms with E-state index in [1.807, 2.05) is 6.07 Å². The van der Waals surface area contributed by atoms with Gasteiger partial charge in [-0.2, -0.15) is 18.4 Å². The van der Waals surface area contributed by atoms with Gasteiger partial charge in [-0.3, -0.25) is 4.98 Å². The highest BCUT2D eigenvalue weighted by Gasteiger charge is 2.35. The summed E-state index contributed by atoms with van der Waals surface area (Å²) in [4.78, 5) is 7.82. The normalized spacial score (nSPS) is 11.8. The van der Waals surface area contributed by atoms with Crippen molar-refractivity contribution in [2.24, 2.45) is 0 Å². The lowest BCUT2D eigenvalue weighted by Gasteiger charge is -2.24. The molecule has 0 fully saturated rings. The number of benzene rings is 2. The second-order valence-corrected chi connectivity index (χ2v) is 9.31. The van der Waals surface area contributed by atoms with E-state index >= 15 is 0 Å². The zero-order chi connectivity index (χ0) is 23.8. The molecule has 0 aliphatic heterocycles. The fourth-order valence-corrected chi connectivity index (χ4v) is 5.53. The molecule has 2 aromatic carbocycles. The van der Waals surface area contributed by atoms with Crippen molar-refractivity contribution in [1.29, 1.82) is 5.26 Å². The number of hydrogen-bond donors (Lipinski definition) is 0. The van der Waals surface area contributed by atoms with Gasteiger partial charge in [0, 0.05) is 34.7 Å². The molecule has 0 aliphatic carbocycles. The number of halogens is 3. The van der Waals surface area contributed by atoms with Crippen molar-refractivity contribution in [2.45, 2.75) is 11.1 Å². The van der Waals surface area contributed by atoms with Gasteiger partial charge in [-0.15, -0.1) is 11.3 Å². The minimum absolute atomic E-state index is 0.00314. The number of aromatic nitrogens is 2. The third kappa shape index (κ3) is 4.08. The zero-order valence-electron chi connectivity index (χ0n) is 16.7. The van der Waals surface area contributed by atoms with Gasteiger partial charge in [0.05, 0.1) is 23.1 Å². The highest BCUT2D eigenvalue weighted by Crippen LogP contribution is 2.42. The van der Waals surface area contributed by atoms with Crippen LogP contribution in [-0.2, 0) is 16.2 Å². The van der Waals surface area contributed by atoms with Crippen LogP contribution in [0.4, 0.5) is 24.0 Å². The molecule has 0 saturated carbocycles. The Morgan fingerprint density at radius 2 is 1.94 bits per heavy atom. The second kappa shape index (κ2) is 8.34. The van der Waals surface area contributed by atoms with Crippen LogP contribution in [0.2, 0.25) is 0 Å². The Balaban J connectivity index is 1.94. The van der Waals surface area contributed by atoms with E-state index in [2.05, 4.69) is 9.97 Å². The van der Waals surface area contributed by atoms with Crippen LogP contribution in [0.15, 0.2) is 65.3 Å². The number of methoxy groups -OCH3 is 1. The standard InChI is InChI=1S/C21H13F3N4O3S2/c1-31-19-8-15(21(22,23)24)3-5-18(19)28(20-27-6-7-32-20)33(29,30)16-4-2-13-11-26-12-14(10-25)17(13)9-16/h2-9,11-12H,1H3. The summed E-state index contributed by atoms with van der Waals surface area (Å²) >= 11 is 0.983. The Bertz CT molecular complexity index is 1480. The topological polar surface area (TPSA) is 96.2 Å². The van der Waals surface area contributed by atoms with E-state index in [0.29, 0.717) is 10.8 Å². The molecule has 2 aromatic heterocycles. The van der Waals surface area contributed by atoms with Crippen molar-refractivity contribution in [1.82, 2.24) is 9.97 Å². The number of hydrogen-bond acceptors (Lipinski definition) is 7. The van der Waals surface area contributed by atoms with Crippen LogP contribution in [0.1, 0.15) is 11.1 Å². The van der Waals surface area contributed by atoms with Crippen molar-refractivity contribution in [3.05, 3.63) is 71.5 Å². The molecule has 0 unspecified atom stereocenters. The molecule has 168 valence electrons. The Hall–Kier alpha value is -3.69. The number of nitrogens with zero attached hydrogens (tertiary/aromatic N) is 4. The molecule has 0 N–H and O–H groups in total. The Morgan fingerprint density at radius 3 is 2.58 bits per heavy atom. The minimum atomic E-state index is -4.64. The summed E-state index contributed by atoms with van der Waals surface area (Å²) < 4.78 is 73.0. The van der Waals surface area contributed by atoms with Crippen molar-refractivity contribution in [3.8, 4) is 11.8 Å². The van der Waals surface area contributed by atoms with E-state index in [4.69, 9.17) is 4.74 Å². The summed E-state index contributed by atoms with van der Waals surface area (Å²) in [6.07, 6.45) is -0.462. The Labute approximate surface area is 190 Å². The number of ether oxygens (including phenoxy) is 1. The van der Waals surface area contributed by atoms with Gasteiger partial charge in [0.25, 0.3) is 10.0 Å². The number of anilines is 2. The van der Waals surface area contributed by atoms with Gasteiger partial charge in [-0.05, 0) is 30.3 Å². The van der Waals surface area contributed by atoms with Crippen LogP contribution in [0, 0.1) is 11.3 Å². The van der Waals surface area contributed by atoms with Gasteiger partial charge in [-0.1, -0.05) is 6.07 Å². The van der Waals surface area contributed by atoms with Gasteiger partial charge in [0.15, 0.2) is 0 Å². The predicted molar refractivity (Wildman–Crippen MR) is 116 cm³/mol. The molecular formula is C21H13F3N4O3S2. The lowest BCUT2D eigenvalue weighted by atomic mass is 10.1. The van der Waals surface area contributed by atoms with Crippen molar-refractivity contribution in [2.75, 3.05) is 11.4 Å². The van der Waals surface area contributed by atoms with Gasteiger partial charge in [-0.25, -0.2) is 17.7 Å². The number of pyridine rings is 1. The fourth-order valence-electron chi connectivity index (χ4n) is 3.17. The number of fused-ring (bicyclic) bond motifs is 1. The van der Waals surface area contributed by atoms with Gasteiger partial charge in [0.1, 0.15) is 17.5 Å². The largest absolute Gasteiger partial charge is 0.495 e. The van der Waals surface area contributed by atoms with Crippen LogP contribution in [0.25, 0.3) is 10.8 Å². The molecule has 0 aliphatic rings. The van der Waals surface area contributed by atoms with E-state index in [1.165, 1.54) is 42.2 Å². The maximum absolute atomic E-state index is 13.7. The second-order valence-electron chi connectivity index (χ2n) is 6.65. The van der Waals surface area contributed by atoms with Crippen molar-refractivity contribution < 1.29 is 26.3 Å². The maximum Gasteiger partial charge on any atom is 0.416 e. The molecule has 7 nitrogen and oxygen atoms in total. The zero-order valence-corrected chi connectivity index (χ0v) is 18.4. The monoisotopic (exact) mass is 490 g/mol. The minimum Gasteiger partial charge on any atom is -0.495 e. The number of sulfonamides is 1. The van der Waals surface area contributed by atoms with E-state index in [-0.39, 0.29) is 27.0 Å². The molecule has 0 atom stereocenters. The van der Waals surface area contributed by atoms with Crippen LogP contribution in [0.3, 0.4) is 0 Å². The predicted octanol–water partition coefficient (Wildman–Crippen LogP) is 5.12. The Kier molecular flexibility index (Phi) is 5.69. The average molecular weight is 490 g/mol. The van der Waals surface area contributed by atoms with Crippen molar-refractivity contribution >= 4 is 43.0 Å². The van der Waals surface area contributed by atoms with E-state index < -0.39 is 21.8 Å². The molecular weight excluding hydrogens is 477 g/mol. The molecule has 0 amide bonds. The van der Waals surface area contributed by atoms with Gasteiger partial charge in [0.2, 0.25) is 5.13 Å². The molecule has 2 heterocycles. The smallest absolute Gasteiger partial charge is 0.416 e. The van der Waals surface area contributed by atoms with E-state index in [0.717, 1.165) is 41.0 Å². The van der Waals surface area contributed by atoms with Crippen molar-refractivity contribution in [3.63, 3.8) is 0 Å². The SMILES string of the molecule is COc1cc(C(F)(F)F)ccc1N(c1nccs1)S(=O)(=O)c1ccc2cncc(C#N)c2c1. The summed E-state index contributed by atoms with van der Waals surface area (Å²) in [5.41, 5.74) is -0.954. The first kappa shape index (κ1) is 22.5. The Morgan fingerprint density at radius 1 is 1.15 bits per heavy atom. The first-order valence-corrected chi connectivity index (χ1v) is 11.5. The molecule has 0 radical (unpaired) electrons. The maximum atomic E-state index is 13.7. The average Bonchev–Trinajstić information content (AvgIpc) is 3.31. The molecule has 4 aromatic rings. The lowest BCUT2D eigenvalue weighted by Crippen LogP contribution is -2.27. The molecule has 0 spiro atoms. The highest BCUT2D eigenvalue weighted by molar-refractivity contribution is 7.93. The molecule has 0 bridgehead atoms. The number of alkyl halides is 3. The van der Waals surface area contributed by atoms with E-state index in [1.54, 1.807) is 0 Å². The molecule has 12 heteroatoms. The van der Waals surface area contributed by atoms with Gasteiger partial charge < -0.3 is 4.74 Å². The quantitative estimate of drug-likeness (QED) is 0.385. The first-order valence-electron chi connectivity index (χ1n) is 9.14. The van der Waals surface area contributed by atoms with Crippen LogP contribution in [-0.4, -0.2) is 25.5 Å². The third-order valence-corrected chi connectivity index (χ3v) is 7.28. The fraction of sp³-hybridized carbons (Fsp3) is 0.0952. The summed E-state index contributed by atoms with van der Waals surface area (Å²) in [6, 6.07) is 8.64. The summed E-state index contributed by atoms with van der Waals surface area (Å²) in [5, 5.41) is 11.8. The third-order valence-electron chi connectivity index (χ3n) is 4.71. The molecule has 0 saturated heterocycles. The number of thiazole rings is 1.